The highest BCUT2D eigenvalue weighted by Crippen LogP contribution is 2.41. The molecule has 1 aliphatic carbocycles. The van der Waals surface area contributed by atoms with Gasteiger partial charge in [-0.25, -0.2) is 0 Å². The van der Waals surface area contributed by atoms with Crippen molar-refractivity contribution in [3.63, 3.8) is 0 Å². The summed E-state index contributed by atoms with van der Waals surface area (Å²) in [6, 6.07) is 14.2. The zero-order valence-electron chi connectivity index (χ0n) is 13.3. The molecule has 1 aliphatic heterocycles. The van der Waals surface area contributed by atoms with E-state index in [4.69, 9.17) is 5.73 Å². The fraction of sp³-hybridized carbons (Fsp3) is 0.200. The van der Waals surface area contributed by atoms with Crippen molar-refractivity contribution in [2.45, 2.75) is 25.3 Å². The van der Waals surface area contributed by atoms with Crippen LogP contribution in [0.5, 0.6) is 0 Å². The number of fused-ring (bicyclic) bond motifs is 1. The molecule has 4 rings (SSSR count). The van der Waals surface area contributed by atoms with Crippen LogP contribution in [0.3, 0.4) is 0 Å². The van der Waals surface area contributed by atoms with E-state index in [0.29, 0.717) is 12.1 Å². The molecular formula is C20H20N2O2. The number of carbonyl (C=O) groups is 2. The number of hydrogen-bond donors (Lipinski definition) is 1. The molecule has 2 N–H and O–H groups in total. The molecule has 2 aromatic rings. The minimum Gasteiger partial charge on any atom is -0.364 e. The Bertz CT molecular complexity index is 870. The summed E-state index contributed by atoms with van der Waals surface area (Å²) in [7, 11) is 0. The minimum atomic E-state index is -0.675. The Labute approximate surface area is 142 Å². The van der Waals surface area contributed by atoms with Gasteiger partial charge in [-0.15, -0.1) is 0 Å². The second-order valence-electron chi connectivity index (χ2n) is 6.43. The summed E-state index contributed by atoms with van der Waals surface area (Å²) in [5, 5.41) is 0. The van der Waals surface area contributed by atoms with Gasteiger partial charge < -0.3 is 5.73 Å². The third-order valence-corrected chi connectivity index (χ3v) is 4.85. The van der Waals surface area contributed by atoms with E-state index in [2.05, 4.69) is 30.8 Å². The molecule has 0 spiro atoms. The first-order valence-corrected chi connectivity index (χ1v) is 8.09. The molecule has 0 saturated heterocycles. The van der Waals surface area contributed by atoms with E-state index in [0.717, 1.165) is 22.6 Å². The van der Waals surface area contributed by atoms with Gasteiger partial charge in [-0.3, -0.25) is 14.5 Å². The van der Waals surface area contributed by atoms with Crippen LogP contribution in [-0.2, 0) is 11.3 Å². The lowest BCUT2D eigenvalue weighted by Gasteiger charge is -2.15. The molecule has 0 bridgehead atoms. The second-order valence-corrected chi connectivity index (χ2v) is 6.43. The van der Waals surface area contributed by atoms with Crippen molar-refractivity contribution >= 4 is 11.8 Å². The van der Waals surface area contributed by atoms with Crippen molar-refractivity contribution in [3.05, 3.63) is 71.4 Å². The minimum absolute atomic E-state index is 0. The van der Waals surface area contributed by atoms with Gasteiger partial charge in [-0.05, 0) is 47.1 Å². The van der Waals surface area contributed by atoms with E-state index in [1.54, 1.807) is 6.07 Å². The van der Waals surface area contributed by atoms with Crippen LogP contribution in [0.2, 0.25) is 0 Å². The highest BCUT2D eigenvalue weighted by atomic mass is 16.2. The third kappa shape index (κ3) is 2.31. The monoisotopic (exact) mass is 320 g/mol. The summed E-state index contributed by atoms with van der Waals surface area (Å²) in [4.78, 5) is 25.3. The normalized spacial score (nSPS) is 16.2. The zero-order valence-corrected chi connectivity index (χ0v) is 13.3. The van der Waals surface area contributed by atoms with Gasteiger partial charge in [0.2, 0.25) is 0 Å². The topological polar surface area (TPSA) is 63.4 Å². The number of primary amides is 1. The van der Waals surface area contributed by atoms with Gasteiger partial charge in [0.25, 0.3) is 11.8 Å². The lowest BCUT2D eigenvalue weighted by Crippen LogP contribution is -2.30. The van der Waals surface area contributed by atoms with Gasteiger partial charge in [0.05, 0.1) is 6.54 Å². The van der Waals surface area contributed by atoms with Gasteiger partial charge in [0.15, 0.2) is 0 Å². The first kappa shape index (κ1) is 14.7. The fourth-order valence-electron chi connectivity index (χ4n) is 3.31. The summed E-state index contributed by atoms with van der Waals surface area (Å²) < 4.78 is 0. The first-order chi connectivity index (χ1) is 11.6. The molecule has 122 valence electrons. The molecule has 24 heavy (non-hydrogen) atoms. The lowest BCUT2D eigenvalue weighted by molar-refractivity contribution is -0.115. The highest BCUT2D eigenvalue weighted by Gasteiger charge is 2.32. The first-order valence-electron chi connectivity index (χ1n) is 8.09. The molecule has 0 atom stereocenters. The number of hydrogen-bond acceptors (Lipinski definition) is 2. The summed E-state index contributed by atoms with van der Waals surface area (Å²) >= 11 is 0. The van der Waals surface area contributed by atoms with E-state index < -0.39 is 5.91 Å². The average molecular weight is 320 g/mol. The molecule has 2 aromatic carbocycles. The van der Waals surface area contributed by atoms with Crippen molar-refractivity contribution in [1.29, 1.82) is 0 Å². The number of rotatable bonds is 4. The van der Waals surface area contributed by atoms with Gasteiger partial charge >= 0.3 is 0 Å². The molecule has 4 nitrogen and oxygen atoms in total. The maximum Gasteiger partial charge on any atom is 0.264 e. The van der Waals surface area contributed by atoms with Crippen molar-refractivity contribution < 1.29 is 11.0 Å². The molecule has 1 heterocycles. The SMILES string of the molecule is C=C(C(N)=O)N1Cc2c(cccc2-c2ccc(C3CC3)cc2)C1=O.[HH]. The number of benzene rings is 2. The number of nitrogens with two attached hydrogens (primary N) is 1. The van der Waals surface area contributed by atoms with Gasteiger partial charge in [-0.2, -0.15) is 0 Å². The van der Waals surface area contributed by atoms with Crippen molar-refractivity contribution in [3.8, 4) is 11.1 Å². The molecule has 2 aliphatic rings. The fourth-order valence-corrected chi connectivity index (χ4v) is 3.31. The molecular weight excluding hydrogens is 300 g/mol. The largest absolute Gasteiger partial charge is 0.364 e. The quantitative estimate of drug-likeness (QED) is 0.877. The number of nitrogens with zero attached hydrogens (tertiary/aromatic N) is 1. The highest BCUT2D eigenvalue weighted by molar-refractivity contribution is 6.06. The van der Waals surface area contributed by atoms with E-state index in [9.17, 15) is 9.59 Å². The van der Waals surface area contributed by atoms with Crippen LogP contribution < -0.4 is 5.73 Å². The van der Waals surface area contributed by atoms with Gasteiger partial charge in [0, 0.05) is 6.99 Å². The molecule has 0 radical (unpaired) electrons. The van der Waals surface area contributed by atoms with Crippen LogP contribution in [0.1, 0.15) is 41.7 Å². The third-order valence-electron chi connectivity index (χ3n) is 4.85. The summed E-state index contributed by atoms with van der Waals surface area (Å²) in [6.07, 6.45) is 2.55. The molecule has 0 aromatic heterocycles. The van der Waals surface area contributed by atoms with Gasteiger partial charge in [-0.1, -0.05) is 43.0 Å². The maximum atomic E-state index is 12.5. The Morgan fingerprint density at radius 2 is 1.79 bits per heavy atom. The van der Waals surface area contributed by atoms with Crippen LogP contribution in [-0.4, -0.2) is 16.7 Å². The van der Waals surface area contributed by atoms with Crippen molar-refractivity contribution in [1.82, 2.24) is 4.90 Å². The van der Waals surface area contributed by atoms with E-state index in [1.807, 2.05) is 12.1 Å². The molecule has 1 saturated carbocycles. The molecule has 0 unspecified atom stereocenters. The Kier molecular flexibility index (Phi) is 3.27. The zero-order chi connectivity index (χ0) is 16.8. The number of carbonyl (C=O) groups excluding carboxylic acids is 2. The van der Waals surface area contributed by atoms with Crippen molar-refractivity contribution in [2.75, 3.05) is 0 Å². The summed E-state index contributed by atoms with van der Waals surface area (Å²) in [5.41, 5.74) is 10.3. The standard InChI is InChI=1S/C20H18N2O2.H2/c1-12(19(21)23)22-11-18-16(3-2-4-17(18)20(22)24)15-9-7-14(8-10-15)13-5-6-13;/h2-4,7-10,13H,1,5-6,11H2,(H2,21,23);1H. The molecule has 2 amide bonds. The van der Waals surface area contributed by atoms with Crippen LogP contribution in [0.25, 0.3) is 11.1 Å². The Balaban J connectivity index is 0.00000182. The summed E-state index contributed by atoms with van der Waals surface area (Å²) in [5.74, 6) is -0.173. The van der Waals surface area contributed by atoms with E-state index in [-0.39, 0.29) is 13.0 Å². The number of amides is 2. The lowest BCUT2D eigenvalue weighted by atomic mass is 9.96. The van der Waals surface area contributed by atoms with Gasteiger partial charge in [0.1, 0.15) is 5.70 Å². The Hall–Kier alpha value is -2.88. The van der Waals surface area contributed by atoms with E-state index >= 15 is 0 Å². The van der Waals surface area contributed by atoms with E-state index in [1.165, 1.54) is 23.3 Å². The Morgan fingerprint density at radius 1 is 1.12 bits per heavy atom. The predicted octanol–water partition coefficient (Wildman–Crippen LogP) is 3.43. The smallest absolute Gasteiger partial charge is 0.264 e. The van der Waals surface area contributed by atoms with Crippen molar-refractivity contribution in [2.24, 2.45) is 5.73 Å². The average Bonchev–Trinajstić information content (AvgIpc) is 3.38. The Morgan fingerprint density at radius 3 is 2.42 bits per heavy atom. The van der Waals surface area contributed by atoms with Crippen LogP contribution in [0.4, 0.5) is 0 Å². The molecule has 4 heteroatoms. The maximum absolute atomic E-state index is 12.5. The summed E-state index contributed by atoms with van der Waals surface area (Å²) in [6.45, 7) is 3.97. The second kappa shape index (κ2) is 5.34. The molecule has 1 fully saturated rings. The van der Waals surface area contributed by atoms with Crippen LogP contribution in [0.15, 0.2) is 54.7 Å². The van der Waals surface area contributed by atoms with Crippen LogP contribution in [0, 0.1) is 0 Å². The predicted molar refractivity (Wildman–Crippen MR) is 94.2 cm³/mol. The van der Waals surface area contributed by atoms with Crippen LogP contribution >= 0.6 is 0 Å².